The van der Waals surface area contributed by atoms with E-state index in [4.69, 9.17) is 21.1 Å². The molecule has 1 N–H and O–H groups in total. The molecule has 33 heavy (non-hydrogen) atoms. The standard InChI is InChI=1S/C23H23ClN2O6S/c1-14-9-15(2)26(13-21(27)25-17-10-18(31-3)12-19(11-17)32-4)23(28)22(14)33(29,30)20-7-5-16(24)6-8-20/h5-12H,13H2,1-4H3,(H,25,27). The second-order valence-corrected chi connectivity index (χ2v) is 9.62. The Morgan fingerprint density at radius 3 is 2.12 bits per heavy atom. The molecule has 3 rings (SSSR count). The first-order chi connectivity index (χ1) is 15.6. The first-order valence-corrected chi connectivity index (χ1v) is 11.7. The average molecular weight is 491 g/mol. The number of carbonyl (C=O) groups excluding carboxylic acids is 1. The number of hydrogen-bond donors (Lipinski definition) is 1. The van der Waals surface area contributed by atoms with Crippen LogP contribution >= 0.6 is 11.6 Å². The van der Waals surface area contributed by atoms with Gasteiger partial charge in [-0.15, -0.1) is 0 Å². The van der Waals surface area contributed by atoms with Crippen molar-refractivity contribution in [2.24, 2.45) is 0 Å². The predicted octanol–water partition coefficient (Wildman–Crippen LogP) is 3.61. The second kappa shape index (κ2) is 9.68. The van der Waals surface area contributed by atoms with Crippen molar-refractivity contribution in [3.63, 3.8) is 0 Å². The quantitative estimate of drug-likeness (QED) is 0.542. The summed E-state index contributed by atoms with van der Waals surface area (Å²) in [4.78, 5) is 25.5. The maximum Gasteiger partial charge on any atom is 0.270 e. The zero-order valence-corrected chi connectivity index (χ0v) is 20.1. The van der Waals surface area contributed by atoms with E-state index in [2.05, 4.69) is 5.32 Å². The van der Waals surface area contributed by atoms with Gasteiger partial charge in [0.15, 0.2) is 0 Å². The van der Waals surface area contributed by atoms with Gasteiger partial charge < -0.3 is 19.4 Å². The molecule has 2 aromatic carbocycles. The normalized spacial score (nSPS) is 11.2. The van der Waals surface area contributed by atoms with Crippen LogP contribution in [-0.4, -0.2) is 33.1 Å². The lowest BCUT2D eigenvalue weighted by Gasteiger charge is -2.15. The van der Waals surface area contributed by atoms with Crippen molar-refractivity contribution >= 4 is 33.0 Å². The van der Waals surface area contributed by atoms with Gasteiger partial charge in [-0.3, -0.25) is 9.59 Å². The molecular formula is C23H23ClN2O6S. The molecule has 0 atom stereocenters. The van der Waals surface area contributed by atoms with Crippen molar-refractivity contribution < 1.29 is 22.7 Å². The van der Waals surface area contributed by atoms with Crippen molar-refractivity contribution in [3.05, 3.63) is 75.2 Å². The summed E-state index contributed by atoms with van der Waals surface area (Å²) in [6.07, 6.45) is 0. The number of rotatable bonds is 7. The van der Waals surface area contributed by atoms with Gasteiger partial charge in [-0.2, -0.15) is 0 Å². The number of carbonyl (C=O) groups is 1. The molecule has 0 bridgehead atoms. The van der Waals surface area contributed by atoms with Crippen LogP contribution in [0.25, 0.3) is 0 Å². The van der Waals surface area contributed by atoms with Crippen LogP contribution in [0.15, 0.2) is 63.1 Å². The van der Waals surface area contributed by atoms with Crippen LogP contribution in [-0.2, 0) is 21.2 Å². The second-order valence-electron chi connectivity index (χ2n) is 7.30. The fourth-order valence-corrected chi connectivity index (χ4v) is 5.07. The minimum Gasteiger partial charge on any atom is -0.497 e. The third-order valence-electron chi connectivity index (χ3n) is 4.98. The Morgan fingerprint density at radius 1 is 1.00 bits per heavy atom. The van der Waals surface area contributed by atoms with Crippen LogP contribution < -0.4 is 20.3 Å². The molecule has 0 aliphatic carbocycles. The number of nitrogens with zero attached hydrogens (tertiary/aromatic N) is 1. The Hall–Kier alpha value is -3.30. The maximum absolute atomic E-state index is 13.2. The third kappa shape index (κ3) is 5.20. The molecule has 8 nitrogen and oxygen atoms in total. The molecular weight excluding hydrogens is 468 g/mol. The Kier molecular flexibility index (Phi) is 7.14. The van der Waals surface area contributed by atoms with Gasteiger partial charge in [0.1, 0.15) is 22.9 Å². The highest BCUT2D eigenvalue weighted by molar-refractivity contribution is 7.91. The number of nitrogens with one attached hydrogen (secondary N) is 1. The summed E-state index contributed by atoms with van der Waals surface area (Å²) in [5.74, 6) is 0.434. The van der Waals surface area contributed by atoms with Gasteiger partial charge >= 0.3 is 0 Å². The van der Waals surface area contributed by atoms with Crippen LogP contribution in [0.2, 0.25) is 5.02 Å². The van der Waals surface area contributed by atoms with Crippen molar-refractivity contribution in [2.75, 3.05) is 19.5 Å². The highest BCUT2D eigenvalue weighted by atomic mass is 35.5. The van der Waals surface area contributed by atoms with Gasteiger partial charge in [-0.1, -0.05) is 11.6 Å². The van der Waals surface area contributed by atoms with Crippen LogP contribution in [0.4, 0.5) is 5.69 Å². The summed E-state index contributed by atoms with van der Waals surface area (Å²) in [5, 5.41) is 3.06. The van der Waals surface area contributed by atoms with Crippen LogP contribution in [0.3, 0.4) is 0 Å². The Morgan fingerprint density at radius 2 is 1.58 bits per heavy atom. The number of ether oxygens (including phenoxy) is 2. The third-order valence-corrected chi connectivity index (χ3v) is 7.16. The number of anilines is 1. The maximum atomic E-state index is 13.2. The fraction of sp³-hybridized carbons (Fsp3) is 0.217. The number of pyridine rings is 1. The topological polar surface area (TPSA) is 104 Å². The summed E-state index contributed by atoms with van der Waals surface area (Å²) in [7, 11) is -1.16. The SMILES string of the molecule is COc1cc(NC(=O)Cn2c(C)cc(C)c(S(=O)(=O)c3ccc(Cl)cc3)c2=O)cc(OC)c1. The molecule has 0 saturated carbocycles. The fourth-order valence-electron chi connectivity index (χ4n) is 3.39. The average Bonchev–Trinajstić information content (AvgIpc) is 2.76. The number of methoxy groups -OCH3 is 2. The number of sulfone groups is 1. The smallest absolute Gasteiger partial charge is 0.270 e. The molecule has 174 valence electrons. The van der Waals surface area contributed by atoms with Gasteiger partial charge in [0.05, 0.1) is 19.1 Å². The van der Waals surface area contributed by atoms with Gasteiger partial charge in [0.2, 0.25) is 15.7 Å². The monoisotopic (exact) mass is 490 g/mol. The van der Waals surface area contributed by atoms with E-state index < -0.39 is 21.3 Å². The lowest BCUT2D eigenvalue weighted by molar-refractivity contribution is -0.116. The first kappa shape index (κ1) is 24.3. The molecule has 10 heteroatoms. The number of halogens is 1. The Bertz CT molecular complexity index is 1340. The van der Waals surface area contributed by atoms with E-state index in [1.54, 1.807) is 38.1 Å². The van der Waals surface area contributed by atoms with Crippen molar-refractivity contribution in [2.45, 2.75) is 30.2 Å². The molecule has 0 unspecified atom stereocenters. The summed E-state index contributed by atoms with van der Waals surface area (Å²) in [5.41, 5.74) is 0.372. The minimum absolute atomic E-state index is 0.0598. The summed E-state index contributed by atoms with van der Waals surface area (Å²) >= 11 is 5.86. The molecule has 0 spiro atoms. The van der Waals surface area contributed by atoms with E-state index in [0.717, 1.165) is 4.57 Å². The lowest BCUT2D eigenvalue weighted by atomic mass is 10.2. The van der Waals surface area contributed by atoms with Crippen LogP contribution in [0.1, 0.15) is 11.3 Å². The Labute approximate surface area is 196 Å². The van der Waals surface area contributed by atoms with Crippen LogP contribution in [0.5, 0.6) is 11.5 Å². The van der Waals surface area contributed by atoms with E-state index >= 15 is 0 Å². The van der Waals surface area contributed by atoms with Crippen molar-refractivity contribution in [1.29, 1.82) is 0 Å². The van der Waals surface area contributed by atoms with Gasteiger partial charge in [0, 0.05) is 34.6 Å². The van der Waals surface area contributed by atoms with Crippen molar-refractivity contribution in [1.82, 2.24) is 4.57 Å². The van der Waals surface area contributed by atoms with E-state index in [0.29, 0.717) is 33.5 Å². The zero-order valence-electron chi connectivity index (χ0n) is 18.5. The van der Waals surface area contributed by atoms with Crippen molar-refractivity contribution in [3.8, 4) is 11.5 Å². The zero-order chi connectivity index (χ0) is 24.3. The van der Waals surface area contributed by atoms with E-state index in [9.17, 15) is 18.0 Å². The molecule has 3 aromatic rings. The summed E-state index contributed by atoms with van der Waals surface area (Å²) in [6.45, 7) is 2.80. The molecule has 1 aromatic heterocycles. The van der Waals surface area contributed by atoms with E-state index in [1.165, 1.54) is 38.5 Å². The first-order valence-electron chi connectivity index (χ1n) is 9.81. The molecule has 1 heterocycles. The van der Waals surface area contributed by atoms with E-state index in [1.807, 2.05) is 0 Å². The molecule has 0 aliphatic heterocycles. The number of hydrogen-bond acceptors (Lipinski definition) is 6. The number of aryl methyl sites for hydroxylation is 2. The highest BCUT2D eigenvalue weighted by Gasteiger charge is 2.26. The summed E-state index contributed by atoms with van der Waals surface area (Å²) in [6, 6.07) is 12.0. The molecule has 0 aliphatic rings. The molecule has 0 fully saturated rings. The van der Waals surface area contributed by atoms with Gasteiger partial charge in [-0.05, 0) is 49.7 Å². The van der Waals surface area contributed by atoms with Crippen LogP contribution in [0, 0.1) is 13.8 Å². The van der Waals surface area contributed by atoms with E-state index in [-0.39, 0.29) is 16.3 Å². The lowest BCUT2D eigenvalue weighted by Crippen LogP contribution is -2.33. The van der Waals surface area contributed by atoms with Gasteiger partial charge in [0.25, 0.3) is 5.56 Å². The highest BCUT2D eigenvalue weighted by Crippen LogP contribution is 2.26. The number of aromatic nitrogens is 1. The number of amides is 1. The number of benzene rings is 2. The molecule has 1 amide bonds. The van der Waals surface area contributed by atoms with Gasteiger partial charge in [-0.25, -0.2) is 8.42 Å². The largest absolute Gasteiger partial charge is 0.497 e. The minimum atomic E-state index is -4.13. The molecule has 0 radical (unpaired) electrons. The Balaban J connectivity index is 1.97. The molecule has 0 saturated heterocycles. The summed E-state index contributed by atoms with van der Waals surface area (Å²) < 4.78 is 37.9. The predicted molar refractivity (Wildman–Crippen MR) is 125 cm³/mol.